The third-order valence-corrected chi connectivity index (χ3v) is 4.18. The van der Waals surface area contributed by atoms with E-state index in [-0.39, 0.29) is 12.3 Å². The Hall–Kier alpha value is -3.00. The van der Waals surface area contributed by atoms with Crippen LogP contribution >= 0.6 is 11.3 Å². The molecule has 2 rings (SSSR count). The Kier molecular flexibility index (Phi) is 7.04. The summed E-state index contributed by atoms with van der Waals surface area (Å²) >= 11 is 1.20. The van der Waals surface area contributed by atoms with E-state index in [0.29, 0.717) is 4.88 Å². The summed E-state index contributed by atoms with van der Waals surface area (Å²) in [6, 6.07) is 11.7. The van der Waals surface area contributed by atoms with Crippen LogP contribution in [0.1, 0.15) is 34.6 Å². The maximum absolute atomic E-state index is 12.0. The molecule has 2 N–H and O–H groups in total. The first kappa shape index (κ1) is 19.3. The second-order valence-corrected chi connectivity index (χ2v) is 6.33. The van der Waals surface area contributed by atoms with E-state index in [1.165, 1.54) is 18.3 Å². The lowest BCUT2D eigenvalue weighted by Gasteiger charge is -2.17. The standard InChI is InChI=1S/C18H18N2O5S/c1-12(21)19-14(13-6-3-2-4-7-13)10-17(23)25-11-16(22)20-18(24)15-8-5-9-26-15/h2-9,14H,10-11H2,1H3,(H,19,21)(H,20,22,24)/t14-/m0/s1. The van der Waals surface area contributed by atoms with Crippen molar-refractivity contribution in [1.82, 2.24) is 10.6 Å². The molecule has 0 aliphatic rings. The van der Waals surface area contributed by atoms with Crippen LogP contribution in [0.5, 0.6) is 0 Å². The zero-order valence-corrected chi connectivity index (χ0v) is 14.9. The van der Waals surface area contributed by atoms with Crippen molar-refractivity contribution in [2.45, 2.75) is 19.4 Å². The van der Waals surface area contributed by atoms with Gasteiger partial charge in [0.2, 0.25) is 5.91 Å². The van der Waals surface area contributed by atoms with Gasteiger partial charge < -0.3 is 10.1 Å². The van der Waals surface area contributed by atoms with Crippen LogP contribution < -0.4 is 10.6 Å². The number of hydrogen-bond donors (Lipinski definition) is 2. The molecule has 0 bridgehead atoms. The predicted octanol–water partition coefficient (Wildman–Crippen LogP) is 1.82. The van der Waals surface area contributed by atoms with Gasteiger partial charge >= 0.3 is 5.97 Å². The summed E-state index contributed by atoms with van der Waals surface area (Å²) in [6.07, 6.45) is -0.129. The quantitative estimate of drug-likeness (QED) is 0.720. The first-order valence-corrected chi connectivity index (χ1v) is 8.69. The Morgan fingerprint density at radius 2 is 1.81 bits per heavy atom. The van der Waals surface area contributed by atoms with Crippen LogP contribution in [-0.4, -0.2) is 30.3 Å². The highest BCUT2D eigenvalue weighted by molar-refractivity contribution is 7.12. The van der Waals surface area contributed by atoms with Crippen molar-refractivity contribution in [2.75, 3.05) is 6.61 Å². The van der Waals surface area contributed by atoms with Crippen molar-refractivity contribution in [3.63, 3.8) is 0 Å². The minimum Gasteiger partial charge on any atom is -0.455 e. The van der Waals surface area contributed by atoms with Crippen molar-refractivity contribution in [3.8, 4) is 0 Å². The van der Waals surface area contributed by atoms with E-state index in [0.717, 1.165) is 5.56 Å². The van der Waals surface area contributed by atoms with Gasteiger partial charge in [-0.2, -0.15) is 0 Å². The molecule has 1 aromatic heterocycles. The summed E-state index contributed by atoms with van der Waals surface area (Å²) in [5.41, 5.74) is 0.747. The van der Waals surface area contributed by atoms with Crippen LogP contribution in [0.2, 0.25) is 0 Å². The zero-order valence-electron chi connectivity index (χ0n) is 14.1. The summed E-state index contributed by atoms with van der Waals surface area (Å²) < 4.78 is 4.90. The third-order valence-electron chi connectivity index (χ3n) is 3.31. The van der Waals surface area contributed by atoms with Crippen molar-refractivity contribution in [1.29, 1.82) is 0 Å². The van der Waals surface area contributed by atoms with Crippen LogP contribution in [-0.2, 0) is 19.1 Å². The monoisotopic (exact) mass is 374 g/mol. The van der Waals surface area contributed by atoms with Gasteiger partial charge in [0, 0.05) is 6.92 Å². The minimum atomic E-state index is -0.715. The Labute approximate surface area is 154 Å². The van der Waals surface area contributed by atoms with Crippen LogP contribution in [0.4, 0.5) is 0 Å². The SMILES string of the molecule is CC(=O)N[C@@H](CC(=O)OCC(=O)NC(=O)c1cccs1)c1ccccc1. The number of nitrogens with one attached hydrogen (secondary N) is 2. The number of esters is 1. The molecule has 0 unspecified atom stereocenters. The van der Waals surface area contributed by atoms with Crippen molar-refractivity contribution in [2.24, 2.45) is 0 Å². The zero-order chi connectivity index (χ0) is 18.9. The number of ether oxygens (including phenoxy) is 1. The number of hydrogen-bond acceptors (Lipinski definition) is 6. The molecule has 136 valence electrons. The highest BCUT2D eigenvalue weighted by atomic mass is 32.1. The van der Waals surface area contributed by atoms with E-state index >= 15 is 0 Å². The first-order chi connectivity index (χ1) is 12.5. The maximum Gasteiger partial charge on any atom is 0.308 e. The first-order valence-electron chi connectivity index (χ1n) is 7.81. The number of amides is 3. The van der Waals surface area contributed by atoms with Gasteiger partial charge in [-0.15, -0.1) is 11.3 Å². The summed E-state index contributed by atoms with van der Waals surface area (Å²) in [5, 5.41) is 6.53. The van der Waals surface area contributed by atoms with Gasteiger partial charge in [-0.25, -0.2) is 0 Å². The highest BCUT2D eigenvalue weighted by Crippen LogP contribution is 2.17. The molecule has 0 fully saturated rings. The number of thiophene rings is 1. The Balaban J connectivity index is 1.84. The van der Waals surface area contributed by atoms with Gasteiger partial charge in [-0.3, -0.25) is 24.5 Å². The van der Waals surface area contributed by atoms with E-state index in [9.17, 15) is 19.2 Å². The van der Waals surface area contributed by atoms with E-state index in [1.54, 1.807) is 41.8 Å². The van der Waals surface area contributed by atoms with Crippen LogP contribution in [0, 0.1) is 0 Å². The summed E-state index contributed by atoms with van der Waals surface area (Å²) in [7, 11) is 0. The molecule has 0 radical (unpaired) electrons. The molecule has 7 nitrogen and oxygen atoms in total. The second kappa shape index (κ2) is 9.47. The smallest absolute Gasteiger partial charge is 0.308 e. The molecule has 2 aromatic rings. The average Bonchev–Trinajstić information content (AvgIpc) is 3.14. The average molecular weight is 374 g/mol. The molecule has 1 atom stereocenters. The van der Waals surface area contributed by atoms with Gasteiger partial charge in [-0.1, -0.05) is 36.4 Å². The maximum atomic E-state index is 12.0. The van der Waals surface area contributed by atoms with Crippen LogP contribution in [0.15, 0.2) is 47.8 Å². The molecule has 0 saturated heterocycles. The lowest BCUT2D eigenvalue weighted by Crippen LogP contribution is -2.34. The number of benzene rings is 1. The highest BCUT2D eigenvalue weighted by Gasteiger charge is 2.19. The van der Waals surface area contributed by atoms with Gasteiger partial charge in [0.05, 0.1) is 17.3 Å². The summed E-state index contributed by atoms with van der Waals surface area (Å²) in [4.78, 5) is 47.2. The summed E-state index contributed by atoms with van der Waals surface area (Å²) in [6.45, 7) is 0.780. The Bertz CT molecular complexity index is 774. The summed E-state index contributed by atoms with van der Waals surface area (Å²) in [5.74, 6) is -2.20. The molecule has 1 aromatic carbocycles. The lowest BCUT2D eigenvalue weighted by molar-refractivity contribution is -0.149. The van der Waals surface area contributed by atoms with E-state index in [4.69, 9.17) is 4.74 Å². The minimum absolute atomic E-state index is 0.129. The molecule has 0 aliphatic carbocycles. The molecular formula is C18H18N2O5S. The van der Waals surface area contributed by atoms with E-state index < -0.39 is 30.4 Å². The number of carbonyl (C=O) groups excluding carboxylic acids is 4. The third kappa shape index (κ3) is 6.14. The molecular weight excluding hydrogens is 356 g/mol. The van der Waals surface area contributed by atoms with Crippen molar-refractivity contribution < 1.29 is 23.9 Å². The van der Waals surface area contributed by atoms with Gasteiger partial charge in [-0.05, 0) is 17.0 Å². The molecule has 3 amide bonds. The fraction of sp³-hybridized carbons (Fsp3) is 0.222. The number of rotatable bonds is 7. The van der Waals surface area contributed by atoms with Gasteiger partial charge in [0.1, 0.15) is 0 Å². The number of carbonyl (C=O) groups is 4. The Morgan fingerprint density at radius 1 is 1.08 bits per heavy atom. The van der Waals surface area contributed by atoms with Crippen LogP contribution in [0.3, 0.4) is 0 Å². The second-order valence-electron chi connectivity index (χ2n) is 5.38. The molecule has 8 heteroatoms. The fourth-order valence-electron chi connectivity index (χ4n) is 2.19. The topological polar surface area (TPSA) is 102 Å². The van der Waals surface area contributed by atoms with Gasteiger partial charge in [0.15, 0.2) is 6.61 Å². The molecule has 26 heavy (non-hydrogen) atoms. The van der Waals surface area contributed by atoms with Crippen molar-refractivity contribution in [3.05, 3.63) is 58.3 Å². The largest absolute Gasteiger partial charge is 0.455 e. The van der Waals surface area contributed by atoms with E-state index in [1.807, 2.05) is 6.07 Å². The molecule has 0 aliphatic heterocycles. The fourth-order valence-corrected chi connectivity index (χ4v) is 2.81. The van der Waals surface area contributed by atoms with Crippen molar-refractivity contribution >= 4 is 35.0 Å². The Morgan fingerprint density at radius 3 is 2.42 bits per heavy atom. The molecule has 0 saturated carbocycles. The molecule has 0 spiro atoms. The van der Waals surface area contributed by atoms with Gasteiger partial charge in [0.25, 0.3) is 11.8 Å². The normalized spacial score (nSPS) is 11.3. The predicted molar refractivity (Wildman–Crippen MR) is 95.4 cm³/mol. The van der Waals surface area contributed by atoms with Crippen LogP contribution in [0.25, 0.3) is 0 Å². The number of imide groups is 1. The van der Waals surface area contributed by atoms with E-state index in [2.05, 4.69) is 10.6 Å². The lowest BCUT2D eigenvalue weighted by atomic mass is 10.0. The molecule has 1 heterocycles.